The molecule has 1 aromatic carbocycles. The summed E-state index contributed by atoms with van der Waals surface area (Å²) in [7, 11) is 0. The zero-order valence-electron chi connectivity index (χ0n) is 21.3. The maximum absolute atomic E-state index is 13.6. The molecule has 4 rings (SSSR count). The van der Waals surface area contributed by atoms with Gasteiger partial charge in [-0.05, 0) is 56.2 Å². The minimum Gasteiger partial charge on any atom is -0.357 e. The van der Waals surface area contributed by atoms with Crippen molar-refractivity contribution >= 4 is 46.1 Å². The summed E-state index contributed by atoms with van der Waals surface area (Å²) in [6.07, 6.45) is 4.81. The van der Waals surface area contributed by atoms with Gasteiger partial charge >= 0.3 is 0 Å². The number of hydrogen-bond donors (Lipinski definition) is 0. The average molecular weight is 521 g/mol. The fourth-order valence-corrected chi connectivity index (χ4v) is 6.52. The first-order valence-electron chi connectivity index (χ1n) is 12.5. The average Bonchev–Trinajstić information content (AvgIpc) is 3.15. The second-order valence-corrected chi connectivity index (χ2v) is 11.3. The lowest BCUT2D eigenvalue weighted by molar-refractivity contribution is -0.123. The van der Waals surface area contributed by atoms with Crippen molar-refractivity contribution in [2.45, 2.75) is 59.5 Å². The van der Waals surface area contributed by atoms with Crippen molar-refractivity contribution in [1.82, 2.24) is 9.47 Å². The molecule has 2 fully saturated rings. The van der Waals surface area contributed by atoms with Crippen molar-refractivity contribution < 1.29 is 4.79 Å². The third-order valence-corrected chi connectivity index (χ3v) is 8.35. The zero-order chi connectivity index (χ0) is 26.0. The number of thiocarbonyl (C=S) groups is 1. The topological polar surface area (TPSA) is 69.3 Å². The first kappa shape index (κ1) is 26.2. The quantitative estimate of drug-likeness (QED) is 0.363. The molecule has 0 spiro atoms. The second-order valence-electron chi connectivity index (χ2n) is 9.64. The van der Waals surface area contributed by atoms with Gasteiger partial charge in [0.2, 0.25) is 0 Å². The predicted molar refractivity (Wildman–Crippen MR) is 151 cm³/mol. The Labute approximate surface area is 222 Å². The van der Waals surface area contributed by atoms with E-state index in [-0.39, 0.29) is 23.1 Å². The molecule has 2 saturated heterocycles. The number of nitrogens with zero attached hydrogens (tertiary/aromatic N) is 4. The Hall–Kier alpha value is -2.89. The molecular formula is C28H32N4O2S2. The van der Waals surface area contributed by atoms with Gasteiger partial charge in [0.15, 0.2) is 0 Å². The number of rotatable bonds is 6. The summed E-state index contributed by atoms with van der Waals surface area (Å²) in [5.41, 5.74) is 2.27. The Morgan fingerprint density at radius 2 is 2.00 bits per heavy atom. The lowest BCUT2D eigenvalue weighted by atomic mass is 9.98. The maximum atomic E-state index is 13.6. The van der Waals surface area contributed by atoms with Crippen LogP contribution in [0.15, 0.2) is 40.0 Å². The lowest BCUT2D eigenvalue weighted by Crippen LogP contribution is -2.40. The highest BCUT2D eigenvalue weighted by Gasteiger charge is 2.37. The molecule has 2 aliphatic rings. The highest BCUT2D eigenvalue weighted by Crippen LogP contribution is 2.40. The van der Waals surface area contributed by atoms with E-state index in [1.54, 1.807) is 9.47 Å². The van der Waals surface area contributed by atoms with Gasteiger partial charge in [-0.25, -0.2) is 0 Å². The smallest absolute Gasteiger partial charge is 0.270 e. The SMILES string of the molecule is CCCn1c(N2CCCC(C)C2)c(C=C2SC(=S)N(C(C)c3ccccc3)C2=O)c(C)c(C#N)c1=O. The predicted octanol–water partition coefficient (Wildman–Crippen LogP) is 5.64. The molecule has 2 aliphatic heterocycles. The molecule has 36 heavy (non-hydrogen) atoms. The third kappa shape index (κ3) is 4.87. The first-order chi connectivity index (χ1) is 17.3. The molecule has 0 aliphatic carbocycles. The number of amides is 1. The number of nitriles is 1. The Balaban J connectivity index is 1.85. The summed E-state index contributed by atoms with van der Waals surface area (Å²) in [4.78, 5) is 31.4. The van der Waals surface area contributed by atoms with Gasteiger partial charge in [0.05, 0.1) is 10.9 Å². The second kappa shape index (κ2) is 11.0. The van der Waals surface area contributed by atoms with Crippen LogP contribution < -0.4 is 10.5 Å². The molecule has 0 N–H and O–H groups in total. The fourth-order valence-electron chi connectivity index (χ4n) is 5.12. The molecule has 1 aromatic heterocycles. The van der Waals surface area contributed by atoms with E-state index in [9.17, 15) is 14.9 Å². The van der Waals surface area contributed by atoms with Gasteiger partial charge in [0.25, 0.3) is 11.5 Å². The normalized spacial score (nSPS) is 20.2. The number of benzene rings is 1. The van der Waals surface area contributed by atoms with E-state index >= 15 is 0 Å². The zero-order valence-corrected chi connectivity index (χ0v) is 22.9. The minimum atomic E-state index is -0.257. The molecule has 2 aromatic rings. The van der Waals surface area contributed by atoms with Crippen LogP contribution in [-0.4, -0.2) is 32.8 Å². The molecule has 8 heteroatoms. The van der Waals surface area contributed by atoms with Crippen LogP contribution in [0, 0.1) is 24.2 Å². The summed E-state index contributed by atoms with van der Waals surface area (Å²) in [5, 5.41) is 9.86. The number of pyridine rings is 1. The van der Waals surface area contributed by atoms with E-state index < -0.39 is 0 Å². The van der Waals surface area contributed by atoms with Crippen molar-refractivity contribution in [2.24, 2.45) is 5.92 Å². The number of piperidine rings is 1. The van der Waals surface area contributed by atoms with Crippen LogP contribution in [0.3, 0.4) is 0 Å². The number of thioether (sulfide) groups is 1. The molecule has 3 heterocycles. The Morgan fingerprint density at radius 1 is 1.28 bits per heavy atom. The molecule has 0 radical (unpaired) electrons. The first-order valence-corrected chi connectivity index (χ1v) is 13.7. The summed E-state index contributed by atoms with van der Waals surface area (Å²) in [6, 6.07) is 11.8. The minimum absolute atomic E-state index is 0.136. The van der Waals surface area contributed by atoms with Crippen LogP contribution >= 0.6 is 24.0 Å². The van der Waals surface area contributed by atoms with E-state index in [1.165, 1.54) is 11.8 Å². The van der Waals surface area contributed by atoms with E-state index in [1.807, 2.05) is 57.2 Å². The van der Waals surface area contributed by atoms with E-state index in [0.717, 1.165) is 49.3 Å². The van der Waals surface area contributed by atoms with Crippen molar-refractivity contribution in [3.05, 3.63) is 67.8 Å². The molecule has 2 atom stereocenters. The van der Waals surface area contributed by atoms with Gasteiger partial charge < -0.3 is 4.90 Å². The van der Waals surface area contributed by atoms with Crippen molar-refractivity contribution in [3.63, 3.8) is 0 Å². The fraction of sp³-hybridized carbons (Fsp3) is 0.429. The van der Waals surface area contributed by atoms with Crippen LogP contribution in [0.5, 0.6) is 0 Å². The molecule has 1 amide bonds. The number of anilines is 1. The Bertz CT molecular complexity index is 1310. The van der Waals surface area contributed by atoms with Gasteiger partial charge in [-0.3, -0.25) is 19.1 Å². The Kier molecular flexibility index (Phi) is 8.01. The number of carbonyl (C=O) groups is 1. The van der Waals surface area contributed by atoms with Crippen LogP contribution in [-0.2, 0) is 11.3 Å². The van der Waals surface area contributed by atoms with Crippen LogP contribution in [0.1, 0.15) is 68.3 Å². The molecule has 0 saturated carbocycles. The molecule has 6 nitrogen and oxygen atoms in total. The van der Waals surface area contributed by atoms with Gasteiger partial charge in [-0.2, -0.15) is 5.26 Å². The summed E-state index contributed by atoms with van der Waals surface area (Å²) >= 11 is 6.92. The number of hydrogen-bond acceptors (Lipinski definition) is 6. The molecule has 2 unspecified atom stereocenters. The van der Waals surface area contributed by atoms with Gasteiger partial charge in [0, 0.05) is 25.2 Å². The van der Waals surface area contributed by atoms with Crippen LogP contribution in [0.4, 0.5) is 5.82 Å². The molecule has 0 bridgehead atoms. The van der Waals surface area contributed by atoms with Crippen molar-refractivity contribution in [3.8, 4) is 6.07 Å². The highest BCUT2D eigenvalue weighted by molar-refractivity contribution is 8.26. The van der Waals surface area contributed by atoms with Gasteiger partial charge in [-0.1, -0.05) is 68.2 Å². The Morgan fingerprint density at radius 3 is 2.64 bits per heavy atom. The van der Waals surface area contributed by atoms with E-state index in [4.69, 9.17) is 12.2 Å². The third-order valence-electron chi connectivity index (χ3n) is 7.02. The standard InChI is InChI=1S/C28H32N4O2S2/c1-5-13-31-25(30-14-9-10-18(2)17-30)22(19(3)23(16-29)26(31)33)15-24-27(34)32(28(35)36-24)20(4)21-11-7-6-8-12-21/h6-8,11-12,15,18,20H,5,9-10,13-14,17H2,1-4H3. The summed E-state index contributed by atoms with van der Waals surface area (Å²) in [6.45, 7) is 10.2. The van der Waals surface area contributed by atoms with Gasteiger partial charge in [0.1, 0.15) is 21.8 Å². The largest absolute Gasteiger partial charge is 0.357 e. The van der Waals surface area contributed by atoms with Crippen molar-refractivity contribution in [2.75, 3.05) is 18.0 Å². The molecule has 188 valence electrons. The van der Waals surface area contributed by atoms with E-state index in [2.05, 4.69) is 17.9 Å². The lowest BCUT2D eigenvalue weighted by Gasteiger charge is -2.36. The summed E-state index contributed by atoms with van der Waals surface area (Å²) in [5.74, 6) is 1.16. The summed E-state index contributed by atoms with van der Waals surface area (Å²) < 4.78 is 2.25. The van der Waals surface area contributed by atoms with E-state index in [0.29, 0.717) is 27.3 Å². The van der Waals surface area contributed by atoms with Gasteiger partial charge in [-0.15, -0.1) is 0 Å². The monoisotopic (exact) mass is 520 g/mol. The van der Waals surface area contributed by atoms with Crippen molar-refractivity contribution in [1.29, 1.82) is 5.26 Å². The van der Waals surface area contributed by atoms with Crippen LogP contribution in [0.25, 0.3) is 6.08 Å². The maximum Gasteiger partial charge on any atom is 0.270 e. The number of aromatic nitrogens is 1. The number of carbonyl (C=O) groups excluding carboxylic acids is 1. The van der Waals surface area contributed by atoms with Crippen LogP contribution in [0.2, 0.25) is 0 Å². The molecular weight excluding hydrogens is 488 g/mol. The highest BCUT2D eigenvalue weighted by atomic mass is 32.2.